The predicted molar refractivity (Wildman–Crippen MR) is 108 cm³/mol. The van der Waals surface area contributed by atoms with E-state index in [1.807, 2.05) is 43.3 Å². The van der Waals surface area contributed by atoms with Crippen molar-refractivity contribution in [2.75, 3.05) is 16.8 Å². The largest absolute Gasteiger partial charge is 0.323 e. The van der Waals surface area contributed by atoms with Crippen LogP contribution < -0.4 is 10.2 Å². The van der Waals surface area contributed by atoms with Crippen LogP contribution in [0.15, 0.2) is 47.5 Å². The maximum atomic E-state index is 13.1. The lowest BCUT2D eigenvalue weighted by Gasteiger charge is -2.24. The highest BCUT2D eigenvalue weighted by Crippen LogP contribution is 2.37. The Kier molecular flexibility index (Phi) is 4.70. The molecule has 5 nitrogen and oxygen atoms in total. The number of carbonyl (C=O) groups is 2. The van der Waals surface area contributed by atoms with Gasteiger partial charge in [-0.25, -0.2) is 0 Å². The van der Waals surface area contributed by atoms with E-state index < -0.39 is 0 Å². The second-order valence-electron chi connectivity index (χ2n) is 6.95. The lowest BCUT2D eigenvalue weighted by Crippen LogP contribution is -2.41. The average Bonchev–Trinajstić information content (AvgIpc) is 3.08. The first kappa shape index (κ1) is 17.7. The van der Waals surface area contributed by atoms with Crippen LogP contribution in [0.2, 0.25) is 5.02 Å². The molecule has 0 saturated heterocycles. The molecule has 0 radical (unpaired) electrons. The van der Waals surface area contributed by atoms with Gasteiger partial charge in [-0.1, -0.05) is 35.9 Å². The highest BCUT2D eigenvalue weighted by Gasteiger charge is 2.37. The fourth-order valence-corrected chi connectivity index (χ4v) is 3.89. The Bertz CT molecular complexity index is 954. The zero-order valence-electron chi connectivity index (χ0n) is 15.0. The number of rotatable bonds is 3. The molecule has 0 unspecified atom stereocenters. The quantitative estimate of drug-likeness (QED) is 0.850. The van der Waals surface area contributed by atoms with Gasteiger partial charge in [-0.15, -0.1) is 0 Å². The van der Waals surface area contributed by atoms with Gasteiger partial charge >= 0.3 is 0 Å². The molecule has 4 rings (SSSR count). The number of halogens is 1. The number of nitrogens with zero attached hydrogens (tertiary/aromatic N) is 2. The predicted octanol–water partition coefficient (Wildman–Crippen LogP) is 4.51. The van der Waals surface area contributed by atoms with Crippen LogP contribution in [0.3, 0.4) is 0 Å². The van der Waals surface area contributed by atoms with Crippen molar-refractivity contribution in [1.82, 2.24) is 0 Å². The van der Waals surface area contributed by atoms with Gasteiger partial charge in [0.1, 0.15) is 6.54 Å². The maximum Gasteiger partial charge on any atom is 0.244 e. The van der Waals surface area contributed by atoms with Gasteiger partial charge < -0.3 is 10.2 Å². The Balaban J connectivity index is 1.62. The number of amides is 2. The Labute approximate surface area is 163 Å². The number of para-hydroxylation sites is 2. The number of benzene rings is 2. The zero-order valence-corrected chi connectivity index (χ0v) is 15.8. The minimum absolute atomic E-state index is 0.0540. The van der Waals surface area contributed by atoms with E-state index in [2.05, 4.69) is 5.32 Å². The second kappa shape index (κ2) is 7.16. The van der Waals surface area contributed by atoms with Crippen molar-refractivity contribution in [3.05, 3.63) is 53.1 Å². The van der Waals surface area contributed by atoms with Crippen molar-refractivity contribution < 1.29 is 9.59 Å². The highest BCUT2D eigenvalue weighted by molar-refractivity contribution is 6.34. The molecule has 6 heteroatoms. The third-order valence-electron chi connectivity index (χ3n) is 5.10. The van der Waals surface area contributed by atoms with Crippen molar-refractivity contribution in [1.29, 1.82) is 0 Å². The first-order chi connectivity index (χ1) is 13.0. The average molecular weight is 382 g/mol. The molecule has 138 valence electrons. The molecular formula is C21H20ClN3O2. The van der Waals surface area contributed by atoms with Gasteiger partial charge in [0, 0.05) is 5.71 Å². The van der Waals surface area contributed by atoms with Crippen LogP contribution in [-0.2, 0) is 9.59 Å². The molecule has 0 bridgehead atoms. The summed E-state index contributed by atoms with van der Waals surface area (Å²) in [4.78, 5) is 32.1. The summed E-state index contributed by atoms with van der Waals surface area (Å²) >= 11 is 6.28. The van der Waals surface area contributed by atoms with Gasteiger partial charge in [0.05, 0.1) is 28.0 Å². The van der Waals surface area contributed by atoms with Crippen molar-refractivity contribution in [3.8, 4) is 0 Å². The van der Waals surface area contributed by atoms with E-state index in [1.165, 1.54) is 0 Å². The number of anilines is 2. The van der Waals surface area contributed by atoms with Crippen molar-refractivity contribution in [2.24, 2.45) is 10.9 Å². The van der Waals surface area contributed by atoms with Crippen LogP contribution in [0, 0.1) is 12.8 Å². The van der Waals surface area contributed by atoms with Crippen LogP contribution in [0.25, 0.3) is 0 Å². The molecular weight excluding hydrogens is 362 g/mol. The van der Waals surface area contributed by atoms with Gasteiger partial charge in [-0.05, 0) is 49.9 Å². The number of carbonyl (C=O) groups excluding carboxylic acids is 2. The van der Waals surface area contributed by atoms with E-state index in [9.17, 15) is 9.59 Å². The molecule has 2 amide bonds. The summed E-state index contributed by atoms with van der Waals surface area (Å²) in [6.45, 7) is 1.81. The van der Waals surface area contributed by atoms with Crippen LogP contribution in [0.4, 0.5) is 17.1 Å². The third kappa shape index (κ3) is 3.35. The Morgan fingerprint density at radius 1 is 1.26 bits per heavy atom. The molecule has 2 aromatic rings. The fourth-order valence-electron chi connectivity index (χ4n) is 3.72. The Hall–Kier alpha value is -2.66. The van der Waals surface area contributed by atoms with Crippen molar-refractivity contribution in [2.45, 2.75) is 26.2 Å². The van der Waals surface area contributed by atoms with E-state index in [-0.39, 0.29) is 24.3 Å². The van der Waals surface area contributed by atoms with Crippen molar-refractivity contribution in [3.63, 3.8) is 0 Å². The number of aryl methyl sites for hydroxylation is 1. The summed E-state index contributed by atoms with van der Waals surface area (Å²) in [5.41, 5.74) is 3.78. The van der Waals surface area contributed by atoms with Crippen LogP contribution in [0.1, 0.15) is 24.8 Å². The number of aliphatic imine (C=N–C) groups is 1. The van der Waals surface area contributed by atoms with E-state index >= 15 is 0 Å². The molecule has 1 aliphatic heterocycles. The lowest BCUT2D eigenvalue weighted by molar-refractivity contribution is -0.122. The molecule has 1 heterocycles. The monoisotopic (exact) mass is 381 g/mol. The summed E-state index contributed by atoms with van der Waals surface area (Å²) in [5, 5.41) is 3.34. The maximum absolute atomic E-state index is 13.1. The van der Waals surface area contributed by atoms with Gasteiger partial charge in [0.2, 0.25) is 11.8 Å². The molecule has 1 N–H and O–H groups in total. The van der Waals surface area contributed by atoms with Gasteiger partial charge in [-0.2, -0.15) is 0 Å². The summed E-state index contributed by atoms with van der Waals surface area (Å²) in [7, 11) is 0. The van der Waals surface area contributed by atoms with Crippen LogP contribution >= 0.6 is 11.6 Å². The van der Waals surface area contributed by atoms with E-state index in [0.29, 0.717) is 16.4 Å². The summed E-state index contributed by atoms with van der Waals surface area (Å²) < 4.78 is 0. The van der Waals surface area contributed by atoms with Crippen LogP contribution in [0.5, 0.6) is 0 Å². The molecule has 2 aromatic carbocycles. The topological polar surface area (TPSA) is 61.8 Å². The SMILES string of the molecule is Cc1cccc(NC(=O)CN2C(=O)[C@@H]3CCCC3=Nc3ccccc32)c1Cl. The van der Waals surface area contributed by atoms with E-state index in [0.717, 1.165) is 36.2 Å². The molecule has 1 fully saturated rings. The lowest BCUT2D eigenvalue weighted by atomic mass is 10.1. The summed E-state index contributed by atoms with van der Waals surface area (Å²) in [5.74, 6) is -0.568. The molecule has 0 spiro atoms. The fraction of sp³-hybridized carbons (Fsp3) is 0.286. The minimum atomic E-state index is -0.285. The van der Waals surface area contributed by atoms with E-state index in [1.54, 1.807) is 11.0 Å². The van der Waals surface area contributed by atoms with Gasteiger partial charge in [0.15, 0.2) is 0 Å². The molecule has 27 heavy (non-hydrogen) atoms. The second-order valence-corrected chi connectivity index (χ2v) is 7.32. The van der Waals surface area contributed by atoms with Gasteiger partial charge in [-0.3, -0.25) is 14.6 Å². The number of fused-ring (bicyclic) bond motifs is 2. The smallest absolute Gasteiger partial charge is 0.244 e. The first-order valence-corrected chi connectivity index (χ1v) is 9.45. The minimum Gasteiger partial charge on any atom is -0.323 e. The first-order valence-electron chi connectivity index (χ1n) is 9.07. The number of hydrogen-bond donors (Lipinski definition) is 1. The Morgan fingerprint density at radius 2 is 2.07 bits per heavy atom. The zero-order chi connectivity index (χ0) is 19.0. The normalized spacial score (nSPS) is 18.4. The third-order valence-corrected chi connectivity index (χ3v) is 5.60. The number of nitrogens with one attached hydrogen (secondary N) is 1. The summed E-state index contributed by atoms with van der Waals surface area (Å²) in [6.07, 6.45) is 2.58. The molecule has 2 aliphatic rings. The standard InChI is InChI=1S/C21H20ClN3O2/c1-13-6-4-10-17(20(13)22)24-19(26)12-25-18-11-3-2-8-16(18)23-15-9-5-7-14(15)21(25)27/h2-4,6,8,10-11,14H,5,7,9,12H2,1H3,(H,24,26)/t14-/m1/s1. The molecule has 1 atom stereocenters. The molecule has 1 saturated carbocycles. The van der Waals surface area contributed by atoms with Crippen molar-refractivity contribution >= 4 is 46.2 Å². The van der Waals surface area contributed by atoms with E-state index in [4.69, 9.17) is 16.6 Å². The van der Waals surface area contributed by atoms with Gasteiger partial charge in [0.25, 0.3) is 0 Å². The van der Waals surface area contributed by atoms with Crippen LogP contribution in [-0.4, -0.2) is 24.1 Å². The Morgan fingerprint density at radius 3 is 2.93 bits per heavy atom. The number of hydrogen-bond acceptors (Lipinski definition) is 3. The highest BCUT2D eigenvalue weighted by atomic mass is 35.5. The molecule has 0 aromatic heterocycles. The summed E-state index contributed by atoms with van der Waals surface area (Å²) in [6, 6.07) is 12.9. The molecule has 1 aliphatic carbocycles.